The zero-order valence-corrected chi connectivity index (χ0v) is 37.6. The largest absolute Gasteiger partial charge is 2.00 e. The molecule has 53 heavy (non-hydrogen) atoms. The normalized spacial score (nSPS) is 11.5. The molecule has 0 saturated heterocycles. The van der Waals surface area contributed by atoms with Crippen LogP contribution in [0.2, 0.25) is 0 Å². The minimum absolute atomic E-state index is 0. The molecule has 0 aromatic heterocycles. The Labute approximate surface area is 357 Å². The van der Waals surface area contributed by atoms with Crippen LogP contribution in [0.4, 0.5) is 0 Å². The first-order valence-electron chi connectivity index (χ1n) is 21.2. The summed E-state index contributed by atoms with van der Waals surface area (Å²) in [6.07, 6.45) is 37.8. The van der Waals surface area contributed by atoms with Crippen molar-refractivity contribution >= 4 is 58.0 Å². The van der Waals surface area contributed by atoms with Crippen molar-refractivity contribution in [2.24, 2.45) is 0 Å². The van der Waals surface area contributed by atoms with E-state index in [0.29, 0.717) is 24.0 Å². The van der Waals surface area contributed by atoms with E-state index in [1.165, 1.54) is 166 Å². The van der Waals surface area contributed by atoms with Gasteiger partial charge in [-0.15, -0.1) is 0 Å². The minimum atomic E-state index is -4.35. The molecule has 0 radical (unpaired) electrons. The van der Waals surface area contributed by atoms with E-state index in [4.69, 9.17) is 0 Å². The third kappa shape index (κ3) is 29.4. The van der Waals surface area contributed by atoms with E-state index in [9.17, 15) is 25.9 Å². The molecule has 2 aromatic carbocycles. The summed E-state index contributed by atoms with van der Waals surface area (Å²) in [5.41, 5.74) is 1.34. The van der Waals surface area contributed by atoms with Crippen LogP contribution in [0.25, 0.3) is 0 Å². The number of unbranched alkanes of at least 4 members (excludes halogenated alkanes) is 26. The molecule has 2 aromatic rings. The molecule has 0 heterocycles. The van der Waals surface area contributed by atoms with Crippen LogP contribution in [0.15, 0.2) is 58.3 Å². The summed E-state index contributed by atoms with van der Waals surface area (Å²) in [5, 5.41) is 0. The quantitative estimate of drug-likeness (QED) is 0.0413. The van der Waals surface area contributed by atoms with E-state index in [0.717, 1.165) is 25.7 Å². The average Bonchev–Trinajstić information content (AvgIpc) is 3.11. The van der Waals surface area contributed by atoms with Crippen molar-refractivity contribution in [3.63, 3.8) is 0 Å². The van der Waals surface area contributed by atoms with E-state index in [1.807, 2.05) is 0 Å². The Balaban J connectivity index is 0.00000100. The molecule has 2 rings (SSSR count). The van der Waals surface area contributed by atoms with E-state index in [1.54, 1.807) is 36.4 Å². The zero-order valence-electron chi connectivity index (χ0n) is 33.8. The Morgan fingerprint density at radius 2 is 0.566 bits per heavy atom. The summed E-state index contributed by atoms with van der Waals surface area (Å²) in [4.78, 5) is -0.0932. The molecule has 300 valence electrons. The van der Waals surface area contributed by atoms with Gasteiger partial charge in [-0.25, -0.2) is 16.8 Å². The van der Waals surface area contributed by atoms with Crippen molar-refractivity contribution < 1.29 is 25.9 Å². The molecule has 0 fully saturated rings. The Hall–Kier alpha value is -0.480. The molecule has 0 bridgehead atoms. The van der Waals surface area contributed by atoms with Crippen molar-refractivity contribution in [1.82, 2.24) is 0 Å². The predicted molar refractivity (Wildman–Crippen MR) is 223 cm³/mol. The molecule has 0 spiro atoms. The second-order valence-corrected chi connectivity index (χ2v) is 17.5. The standard InChI is InChI=1S/2C22H38O3S.Ca/c2*1-2-3-4-5-6-7-8-9-10-11-12-13-14-15-18-21-19-16-17-20-22(21)26(23,24)25;/h2*16-17,19-20H,2-15,18H2,1H3,(H,23,24,25);/q;;+2/p-2. The van der Waals surface area contributed by atoms with Crippen molar-refractivity contribution in [3.8, 4) is 0 Å². The maximum Gasteiger partial charge on any atom is 2.00 e. The van der Waals surface area contributed by atoms with Gasteiger partial charge < -0.3 is 9.11 Å². The van der Waals surface area contributed by atoms with Crippen LogP contribution >= 0.6 is 0 Å². The number of hydrogen-bond acceptors (Lipinski definition) is 6. The van der Waals surface area contributed by atoms with Gasteiger partial charge in [0.1, 0.15) is 20.2 Å². The number of hydrogen-bond donors (Lipinski definition) is 0. The third-order valence-corrected chi connectivity index (χ3v) is 12.0. The summed E-state index contributed by atoms with van der Waals surface area (Å²) in [7, 11) is -8.71. The van der Waals surface area contributed by atoms with Gasteiger partial charge >= 0.3 is 37.7 Å². The van der Waals surface area contributed by atoms with E-state index >= 15 is 0 Å². The minimum Gasteiger partial charge on any atom is -0.744 e. The second kappa shape index (κ2) is 34.7. The molecule has 0 saturated carbocycles. The Bertz CT molecular complexity index is 1240. The van der Waals surface area contributed by atoms with Gasteiger partial charge in [0.15, 0.2) is 0 Å². The smallest absolute Gasteiger partial charge is 0.744 e. The fourth-order valence-electron chi connectivity index (χ4n) is 6.93. The maximum atomic E-state index is 11.2. The van der Waals surface area contributed by atoms with Gasteiger partial charge in [0.2, 0.25) is 0 Å². The van der Waals surface area contributed by atoms with Gasteiger partial charge in [0, 0.05) is 0 Å². The number of rotatable bonds is 32. The van der Waals surface area contributed by atoms with Crippen LogP contribution in [-0.4, -0.2) is 63.7 Å². The van der Waals surface area contributed by atoms with Crippen LogP contribution in [0.1, 0.15) is 205 Å². The summed E-state index contributed by atoms with van der Waals surface area (Å²) >= 11 is 0. The van der Waals surface area contributed by atoms with Crippen LogP contribution in [0.5, 0.6) is 0 Å². The topological polar surface area (TPSA) is 114 Å². The van der Waals surface area contributed by atoms with E-state index < -0.39 is 20.2 Å². The molecule has 6 nitrogen and oxygen atoms in total. The third-order valence-electron chi connectivity index (χ3n) is 10.1. The van der Waals surface area contributed by atoms with E-state index in [2.05, 4.69) is 13.8 Å². The maximum absolute atomic E-state index is 11.2. The molecular weight excluding hydrogens is 729 g/mol. The van der Waals surface area contributed by atoms with Gasteiger partial charge in [-0.2, -0.15) is 0 Å². The van der Waals surface area contributed by atoms with Crippen molar-refractivity contribution in [2.45, 2.75) is 216 Å². The van der Waals surface area contributed by atoms with E-state index in [-0.39, 0.29) is 47.5 Å². The molecule has 0 aliphatic heterocycles. The monoisotopic (exact) mass is 802 g/mol. The fraction of sp³-hybridized carbons (Fsp3) is 0.727. The second-order valence-electron chi connectivity index (χ2n) is 14.8. The van der Waals surface area contributed by atoms with Crippen LogP contribution in [0, 0.1) is 0 Å². The van der Waals surface area contributed by atoms with Crippen molar-refractivity contribution in [3.05, 3.63) is 59.7 Å². The molecule has 0 N–H and O–H groups in total. The molecular formula is C44H74CaO6S2. The first-order chi connectivity index (χ1) is 25.1. The van der Waals surface area contributed by atoms with Crippen molar-refractivity contribution in [2.75, 3.05) is 0 Å². The molecule has 0 amide bonds. The van der Waals surface area contributed by atoms with Crippen LogP contribution < -0.4 is 0 Å². The Kier molecular flexibility index (Phi) is 34.4. The number of benzene rings is 2. The zero-order chi connectivity index (χ0) is 38.2. The molecule has 0 atom stereocenters. The van der Waals surface area contributed by atoms with Gasteiger partial charge in [-0.05, 0) is 48.9 Å². The average molecular weight is 803 g/mol. The summed E-state index contributed by atoms with van der Waals surface area (Å²) < 4.78 is 67.5. The SMILES string of the molecule is CCCCCCCCCCCCCCCCc1ccccc1S(=O)(=O)[O-].CCCCCCCCCCCCCCCCc1ccccc1S(=O)(=O)[O-].[Ca+2]. The molecule has 9 heteroatoms. The van der Waals surface area contributed by atoms with Gasteiger partial charge in [0.25, 0.3) is 0 Å². The summed E-state index contributed by atoms with van der Waals surface area (Å²) in [6.45, 7) is 4.52. The van der Waals surface area contributed by atoms with Crippen LogP contribution in [-0.2, 0) is 33.1 Å². The first kappa shape index (κ1) is 52.5. The van der Waals surface area contributed by atoms with Crippen LogP contribution in [0.3, 0.4) is 0 Å². The fourth-order valence-corrected chi connectivity index (χ4v) is 8.40. The predicted octanol–water partition coefficient (Wildman–Crippen LogP) is 12.8. The molecule has 0 aliphatic carbocycles. The Morgan fingerprint density at radius 1 is 0.358 bits per heavy atom. The number of aryl methyl sites for hydroxylation is 2. The Morgan fingerprint density at radius 3 is 0.792 bits per heavy atom. The van der Waals surface area contributed by atoms with Gasteiger partial charge in [-0.1, -0.05) is 217 Å². The van der Waals surface area contributed by atoms with Gasteiger partial charge in [0.05, 0.1) is 9.79 Å². The molecule has 0 aliphatic rings. The first-order valence-corrected chi connectivity index (χ1v) is 24.0. The molecule has 0 unspecified atom stereocenters. The summed E-state index contributed by atoms with van der Waals surface area (Å²) in [6, 6.07) is 13.2. The van der Waals surface area contributed by atoms with Gasteiger partial charge in [-0.3, -0.25) is 0 Å². The summed E-state index contributed by atoms with van der Waals surface area (Å²) in [5.74, 6) is 0. The van der Waals surface area contributed by atoms with Crippen molar-refractivity contribution in [1.29, 1.82) is 0 Å².